The van der Waals surface area contributed by atoms with Gasteiger partial charge in [0.05, 0.1) is 10.6 Å². The molecule has 0 amide bonds. The monoisotopic (exact) mass is 456 g/mol. The largest absolute Gasteiger partial charge is 0.372 e. The standard InChI is InChI=1S/C20H28N2O4S3/c1-3-14-28(23,24)20-22-19(29(25,26)17-12-10-15(2)11-13-17)18(27-20)21-16-8-6-4-5-7-9-16/h10-13,16,21H,3-9,14H2,1-2H3. The van der Waals surface area contributed by atoms with Gasteiger partial charge in [0.25, 0.3) is 0 Å². The van der Waals surface area contributed by atoms with Crippen molar-refractivity contribution in [2.45, 2.75) is 79.1 Å². The highest BCUT2D eigenvalue weighted by Crippen LogP contribution is 2.36. The first-order valence-electron chi connectivity index (χ1n) is 10.1. The average Bonchev–Trinajstić information content (AvgIpc) is 2.94. The van der Waals surface area contributed by atoms with Gasteiger partial charge in [-0.05, 0) is 38.3 Å². The highest BCUT2D eigenvalue weighted by molar-refractivity contribution is 7.94. The molecule has 1 saturated carbocycles. The fourth-order valence-electron chi connectivity index (χ4n) is 3.49. The lowest BCUT2D eigenvalue weighted by Gasteiger charge is -2.17. The van der Waals surface area contributed by atoms with Crippen LogP contribution >= 0.6 is 11.3 Å². The lowest BCUT2D eigenvalue weighted by Crippen LogP contribution is -2.19. The van der Waals surface area contributed by atoms with Gasteiger partial charge in [0.2, 0.25) is 24.0 Å². The first-order valence-corrected chi connectivity index (χ1v) is 14.0. The zero-order chi connectivity index (χ0) is 21.1. The number of anilines is 1. The van der Waals surface area contributed by atoms with Crippen molar-refractivity contribution in [3.05, 3.63) is 29.8 Å². The van der Waals surface area contributed by atoms with Crippen LogP contribution in [0.2, 0.25) is 0 Å². The highest BCUT2D eigenvalue weighted by Gasteiger charge is 2.31. The molecule has 0 spiro atoms. The Morgan fingerprint density at radius 3 is 2.24 bits per heavy atom. The number of aromatic nitrogens is 1. The first-order chi connectivity index (χ1) is 13.7. The van der Waals surface area contributed by atoms with Crippen molar-refractivity contribution in [1.29, 1.82) is 0 Å². The van der Waals surface area contributed by atoms with E-state index in [1.165, 1.54) is 12.8 Å². The van der Waals surface area contributed by atoms with E-state index >= 15 is 0 Å². The summed E-state index contributed by atoms with van der Waals surface area (Å²) in [5.41, 5.74) is 0.949. The van der Waals surface area contributed by atoms with Crippen LogP contribution < -0.4 is 5.32 Å². The summed E-state index contributed by atoms with van der Waals surface area (Å²) in [6.07, 6.45) is 6.84. The Morgan fingerprint density at radius 2 is 1.66 bits per heavy atom. The Bertz CT molecular complexity index is 1030. The second kappa shape index (κ2) is 9.14. The summed E-state index contributed by atoms with van der Waals surface area (Å²) in [5, 5.41) is 3.49. The third kappa shape index (κ3) is 5.19. The molecule has 1 aliphatic rings. The summed E-state index contributed by atoms with van der Waals surface area (Å²) in [6.45, 7) is 3.66. The Balaban J connectivity index is 2.05. The molecular formula is C20H28N2O4S3. The van der Waals surface area contributed by atoms with E-state index in [-0.39, 0.29) is 26.1 Å². The van der Waals surface area contributed by atoms with E-state index in [0.717, 1.165) is 42.6 Å². The van der Waals surface area contributed by atoms with Gasteiger partial charge in [-0.25, -0.2) is 21.8 Å². The van der Waals surface area contributed by atoms with Crippen LogP contribution in [0.4, 0.5) is 5.00 Å². The molecule has 29 heavy (non-hydrogen) atoms. The average molecular weight is 457 g/mol. The molecule has 1 N–H and O–H groups in total. The fourth-order valence-corrected chi connectivity index (χ4v) is 7.91. The SMILES string of the molecule is CCCS(=O)(=O)c1nc(S(=O)(=O)c2ccc(C)cc2)c(NC2CCCCCC2)s1. The molecule has 0 saturated heterocycles. The van der Waals surface area contributed by atoms with E-state index < -0.39 is 19.7 Å². The fraction of sp³-hybridized carbons (Fsp3) is 0.550. The number of thiazole rings is 1. The molecule has 1 heterocycles. The Labute approximate surface area is 177 Å². The predicted molar refractivity (Wildman–Crippen MR) is 116 cm³/mol. The lowest BCUT2D eigenvalue weighted by atomic mass is 10.1. The minimum absolute atomic E-state index is 0.0482. The van der Waals surface area contributed by atoms with E-state index in [1.54, 1.807) is 31.2 Å². The molecule has 1 aromatic carbocycles. The van der Waals surface area contributed by atoms with E-state index in [2.05, 4.69) is 10.3 Å². The van der Waals surface area contributed by atoms with Crippen molar-refractivity contribution in [1.82, 2.24) is 4.98 Å². The summed E-state index contributed by atoms with van der Waals surface area (Å²) in [4.78, 5) is 4.26. The van der Waals surface area contributed by atoms with Gasteiger partial charge in [-0.3, -0.25) is 0 Å². The van der Waals surface area contributed by atoms with Gasteiger partial charge in [-0.2, -0.15) is 0 Å². The number of nitrogens with one attached hydrogen (secondary N) is 1. The zero-order valence-electron chi connectivity index (χ0n) is 16.8. The highest BCUT2D eigenvalue weighted by atomic mass is 32.2. The summed E-state index contributed by atoms with van der Waals surface area (Å²) in [6, 6.07) is 6.67. The molecule has 1 aliphatic carbocycles. The molecule has 0 radical (unpaired) electrons. The number of sulfone groups is 2. The smallest absolute Gasteiger partial charge is 0.226 e. The number of rotatable bonds is 7. The van der Waals surface area contributed by atoms with E-state index in [4.69, 9.17) is 0 Å². The van der Waals surface area contributed by atoms with Crippen LogP contribution in [0.1, 0.15) is 57.4 Å². The van der Waals surface area contributed by atoms with Crippen LogP contribution in [0.3, 0.4) is 0 Å². The molecule has 2 aromatic rings. The van der Waals surface area contributed by atoms with Gasteiger partial charge in [-0.15, -0.1) is 0 Å². The minimum Gasteiger partial charge on any atom is -0.372 e. The van der Waals surface area contributed by atoms with Crippen molar-refractivity contribution in [2.75, 3.05) is 11.1 Å². The zero-order valence-corrected chi connectivity index (χ0v) is 19.3. The molecule has 160 valence electrons. The molecule has 9 heteroatoms. The molecular weight excluding hydrogens is 428 g/mol. The normalized spacial score (nSPS) is 16.5. The number of aryl methyl sites for hydroxylation is 1. The van der Waals surface area contributed by atoms with Crippen LogP contribution in [0, 0.1) is 6.92 Å². The quantitative estimate of drug-likeness (QED) is 0.612. The number of nitrogens with zero attached hydrogens (tertiary/aromatic N) is 1. The van der Waals surface area contributed by atoms with Gasteiger partial charge in [0, 0.05) is 6.04 Å². The number of hydrogen-bond donors (Lipinski definition) is 1. The third-order valence-corrected chi connectivity index (χ3v) is 10.3. The second-order valence-electron chi connectivity index (χ2n) is 7.58. The molecule has 0 aliphatic heterocycles. The molecule has 1 fully saturated rings. The summed E-state index contributed by atoms with van der Waals surface area (Å²) >= 11 is 0.942. The third-order valence-electron chi connectivity index (χ3n) is 5.09. The van der Waals surface area contributed by atoms with Crippen molar-refractivity contribution < 1.29 is 16.8 Å². The number of benzene rings is 1. The molecule has 0 unspecified atom stereocenters. The minimum atomic E-state index is -3.93. The first kappa shape index (κ1) is 22.2. The van der Waals surface area contributed by atoms with Crippen LogP contribution in [0.5, 0.6) is 0 Å². The molecule has 1 aromatic heterocycles. The Morgan fingerprint density at radius 1 is 1.03 bits per heavy atom. The maximum atomic E-state index is 13.3. The van der Waals surface area contributed by atoms with Crippen LogP contribution in [-0.2, 0) is 19.7 Å². The summed E-state index contributed by atoms with van der Waals surface area (Å²) < 4.78 is 51.6. The van der Waals surface area contributed by atoms with Crippen molar-refractivity contribution in [2.24, 2.45) is 0 Å². The Hall–Kier alpha value is -1.45. The maximum absolute atomic E-state index is 13.3. The van der Waals surface area contributed by atoms with Crippen LogP contribution in [-0.4, -0.2) is 33.6 Å². The molecule has 3 rings (SSSR count). The number of hydrogen-bond acceptors (Lipinski definition) is 7. The van der Waals surface area contributed by atoms with E-state index in [0.29, 0.717) is 11.4 Å². The van der Waals surface area contributed by atoms with Gasteiger partial charge in [0.15, 0.2) is 5.03 Å². The second-order valence-corrected chi connectivity index (χ2v) is 12.7. The topological polar surface area (TPSA) is 93.2 Å². The van der Waals surface area contributed by atoms with Gasteiger partial charge in [0.1, 0.15) is 5.00 Å². The Kier molecular flexibility index (Phi) is 7.01. The summed E-state index contributed by atoms with van der Waals surface area (Å²) in [5.74, 6) is -0.0482. The molecule has 6 nitrogen and oxygen atoms in total. The van der Waals surface area contributed by atoms with Gasteiger partial charge < -0.3 is 5.32 Å². The van der Waals surface area contributed by atoms with Crippen molar-refractivity contribution in [3.8, 4) is 0 Å². The van der Waals surface area contributed by atoms with Gasteiger partial charge in [-0.1, -0.05) is 61.6 Å². The van der Waals surface area contributed by atoms with Crippen LogP contribution in [0.15, 0.2) is 38.5 Å². The van der Waals surface area contributed by atoms with E-state index in [1.807, 2.05) is 6.92 Å². The van der Waals surface area contributed by atoms with Crippen LogP contribution in [0.25, 0.3) is 0 Å². The van der Waals surface area contributed by atoms with E-state index in [9.17, 15) is 16.8 Å². The van der Waals surface area contributed by atoms with Crippen molar-refractivity contribution in [3.63, 3.8) is 0 Å². The molecule has 0 atom stereocenters. The van der Waals surface area contributed by atoms with Crippen molar-refractivity contribution >= 4 is 36.0 Å². The molecule has 0 bridgehead atoms. The maximum Gasteiger partial charge on any atom is 0.226 e. The lowest BCUT2D eigenvalue weighted by molar-refractivity contribution is 0.587. The summed E-state index contributed by atoms with van der Waals surface area (Å²) in [7, 11) is -7.53. The predicted octanol–water partition coefficient (Wildman–Crippen LogP) is 4.60. The van der Waals surface area contributed by atoms with Gasteiger partial charge >= 0.3 is 0 Å².